The van der Waals surface area contributed by atoms with Crippen molar-refractivity contribution >= 4 is 16.9 Å². The molecule has 0 amide bonds. The van der Waals surface area contributed by atoms with Crippen LogP contribution in [-0.2, 0) is 22.5 Å². The third-order valence-electron chi connectivity index (χ3n) is 2.96. The average Bonchev–Trinajstić information content (AvgIpc) is 2.72. The van der Waals surface area contributed by atoms with Crippen LogP contribution in [0.5, 0.6) is 0 Å². The van der Waals surface area contributed by atoms with E-state index in [0.29, 0.717) is 5.56 Å². The minimum absolute atomic E-state index is 0.0926. The van der Waals surface area contributed by atoms with Crippen molar-refractivity contribution in [2.45, 2.75) is 19.1 Å². The summed E-state index contributed by atoms with van der Waals surface area (Å²) in [5.41, 5.74) is 1.42. The molecule has 0 aliphatic heterocycles. The molecule has 0 unspecified atom stereocenters. The quantitative estimate of drug-likeness (QED) is 0.835. The molecular weight excluding hydrogens is 287 g/mol. The standard InChI is InChI=1S/C14H14F3NO3/c15-14(16,17)9-21-6-5-18-8-10(7-13(19)20)11-3-1-2-4-12(11)18/h1-4,8H,5-7,9H2,(H,19,20). The number of fused-ring (bicyclic) bond motifs is 1. The monoisotopic (exact) mass is 301 g/mol. The maximum atomic E-state index is 12.0. The van der Waals surface area contributed by atoms with Crippen LogP contribution < -0.4 is 0 Å². The molecule has 1 N–H and O–H groups in total. The smallest absolute Gasteiger partial charge is 0.411 e. The highest BCUT2D eigenvalue weighted by molar-refractivity contribution is 5.87. The molecule has 0 atom stereocenters. The van der Waals surface area contributed by atoms with Crippen LogP contribution in [0.4, 0.5) is 13.2 Å². The number of benzene rings is 1. The van der Waals surface area contributed by atoms with E-state index in [1.807, 2.05) is 0 Å². The zero-order chi connectivity index (χ0) is 15.5. The van der Waals surface area contributed by atoms with Crippen LogP contribution in [-0.4, -0.2) is 35.0 Å². The predicted octanol–water partition coefficient (Wildman–Crippen LogP) is 2.85. The molecular formula is C14H14F3NO3. The number of ether oxygens (including phenoxy) is 1. The van der Waals surface area contributed by atoms with E-state index >= 15 is 0 Å². The summed E-state index contributed by atoms with van der Waals surface area (Å²) in [6, 6.07) is 7.17. The van der Waals surface area contributed by atoms with Gasteiger partial charge < -0.3 is 14.4 Å². The number of hydrogen-bond acceptors (Lipinski definition) is 2. The van der Waals surface area contributed by atoms with Gasteiger partial charge in [-0.25, -0.2) is 0 Å². The topological polar surface area (TPSA) is 51.5 Å². The van der Waals surface area contributed by atoms with Crippen LogP contribution in [0.3, 0.4) is 0 Å². The van der Waals surface area contributed by atoms with Gasteiger partial charge in [0.25, 0.3) is 0 Å². The lowest BCUT2D eigenvalue weighted by molar-refractivity contribution is -0.174. The van der Waals surface area contributed by atoms with Gasteiger partial charge in [-0.3, -0.25) is 4.79 Å². The van der Waals surface area contributed by atoms with Crippen LogP contribution in [0.2, 0.25) is 0 Å². The van der Waals surface area contributed by atoms with Crippen LogP contribution in [0.1, 0.15) is 5.56 Å². The van der Waals surface area contributed by atoms with Gasteiger partial charge in [0, 0.05) is 23.6 Å². The first-order chi connectivity index (χ1) is 9.87. The van der Waals surface area contributed by atoms with Gasteiger partial charge in [0.05, 0.1) is 13.0 Å². The summed E-state index contributed by atoms with van der Waals surface area (Å²) >= 11 is 0. The van der Waals surface area contributed by atoms with Gasteiger partial charge in [0.2, 0.25) is 0 Å². The van der Waals surface area contributed by atoms with Crippen molar-refractivity contribution in [1.82, 2.24) is 4.57 Å². The van der Waals surface area contributed by atoms with Gasteiger partial charge in [-0.05, 0) is 11.6 Å². The molecule has 0 aliphatic rings. The molecule has 4 nitrogen and oxygen atoms in total. The lowest BCUT2D eigenvalue weighted by Gasteiger charge is -2.09. The summed E-state index contributed by atoms with van der Waals surface area (Å²) in [5, 5.41) is 9.67. The fourth-order valence-electron chi connectivity index (χ4n) is 2.16. The third kappa shape index (κ3) is 4.22. The van der Waals surface area contributed by atoms with Crippen molar-refractivity contribution in [1.29, 1.82) is 0 Å². The van der Waals surface area contributed by atoms with Crippen molar-refractivity contribution in [3.63, 3.8) is 0 Å². The van der Waals surface area contributed by atoms with E-state index in [-0.39, 0.29) is 19.6 Å². The second-order valence-electron chi connectivity index (χ2n) is 4.60. The molecule has 1 heterocycles. The Morgan fingerprint density at radius 1 is 1.29 bits per heavy atom. The Morgan fingerprint density at radius 2 is 2.00 bits per heavy atom. The molecule has 7 heteroatoms. The molecule has 2 aromatic rings. The number of nitrogens with zero attached hydrogens (tertiary/aromatic N) is 1. The van der Waals surface area contributed by atoms with E-state index in [0.717, 1.165) is 10.9 Å². The summed E-state index contributed by atoms with van der Waals surface area (Å²) in [6.07, 6.45) is -2.82. The van der Waals surface area contributed by atoms with Gasteiger partial charge in [0.15, 0.2) is 0 Å². The molecule has 2 rings (SSSR count). The minimum atomic E-state index is -4.34. The highest BCUT2D eigenvalue weighted by atomic mass is 19.4. The molecule has 114 valence electrons. The average molecular weight is 301 g/mol. The second kappa shape index (κ2) is 6.17. The fraction of sp³-hybridized carbons (Fsp3) is 0.357. The molecule has 0 fully saturated rings. The Balaban J connectivity index is 2.11. The number of rotatable bonds is 6. The van der Waals surface area contributed by atoms with E-state index in [9.17, 15) is 18.0 Å². The Hall–Kier alpha value is -2.02. The first kappa shape index (κ1) is 15.4. The number of alkyl halides is 3. The van der Waals surface area contributed by atoms with Crippen molar-refractivity contribution in [2.75, 3.05) is 13.2 Å². The van der Waals surface area contributed by atoms with Crippen molar-refractivity contribution in [2.24, 2.45) is 0 Å². The highest BCUT2D eigenvalue weighted by Gasteiger charge is 2.27. The second-order valence-corrected chi connectivity index (χ2v) is 4.60. The number of hydrogen-bond donors (Lipinski definition) is 1. The fourth-order valence-corrected chi connectivity index (χ4v) is 2.16. The summed E-state index contributed by atoms with van der Waals surface area (Å²) in [6.45, 7) is -1.14. The van der Waals surface area contributed by atoms with E-state index in [4.69, 9.17) is 5.11 Å². The SMILES string of the molecule is O=C(O)Cc1cn(CCOCC(F)(F)F)c2ccccc12. The van der Waals surface area contributed by atoms with E-state index in [2.05, 4.69) is 4.74 Å². The zero-order valence-corrected chi connectivity index (χ0v) is 11.1. The summed E-state index contributed by atoms with van der Waals surface area (Å²) < 4.78 is 42.2. The molecule has 1 aromatic carbocycles. The lowest BCUT2D eigenvalue weighted by Crippen LogP contribution is -2.18. The largest absolute Gasteiger partial charge is 0.481 e. The number of para-hydroxylation sites is 1. The minimum Gasteiger partial charge on any atom is -0.481 e. The van der Waals surface area contributed by atoms with Crippen molar-refractivity contribution in [3.05, 3.63) is 36.0 Å². The van der Waals surface area contributed by atoms with E-state index < -0.39 is 18.8 Å². The van der Waals surface area contributed by atoms with Crippen LogP contribution in [0.15, 0.2) is 30.5 Å². The highest BCUT2D eigenvalue weighted by Crippen LogP contribution is 2.22. The van der Waals surface area contributed by atoms with Crippen LogP contribution >= 0.6 is 0 Å². The number of halogens is 3. The van der Waals surface area contributed by atoms with E-state index in [1.165, 1.54) is 0 Å². The summed E-state index contributed by atoms with van der Waals surface area (Å²) in [5.74, 6) is -0.953. The third-order valence-corrected chi connectivity index (χ3v) is 2.96. The van der Waals surface area contributed by atoms with Crippen molar-refractivity contribution in [3.8, 4) is 0 Å². The molecule has 1 aromatic heterocycles. The normalized spacial score (nSPS) is 12.0. The van der Waals surface area contributed by atoms with Crippen molar-refractivity contribution < 1.29 is 27.8 Å². The number of carbonyl (C=O) groups is 1. The Bertz CT molecular complexity index is 634. The zero-order valence-electron chi connectivity index (χ0n) is 11.1. The first-order valence-electron chi connectivity index (χ1n) is 6.30. The molecule has 0 saturated heterocycles. The Labute approximate surface area is 118 Å². The van der Waals surface area contributed by atoms with Gasteiger partial charge in [-0.15, -0.1) is 0 Å². The molecule has 0 aliphatic carbocycles. The maximum Gasteiger partial charge on any atom is 0.411 e. The molecule has 21 heavy (non-hydrogen) atoms. The first-order valence-corrected chi connectivity index (χ1v) is 6.30. The van der Waals surface area contributed by atoms with Crippen LogP contribution in [0, 0.1) is 0 Å². The summed E-state index contributed by atoms with van der Waals surface area (Å²) in [4.78, 5) is 10.8. The molecule has 0 saturated carbocycles. The lowest BCUT2D eigenvalue weighted by atomic mass is 10.1. The predicted molar refractivity (Wildman–Crippen MR) is 70.2 cm³/mol. The summed E-state index contributed by atoms with van der Waals surface area (Å²) in [7, 11) is 0. The number of aliphatic carboxylic acids is 1. The number of aromatic nitrogens is 1. The maximum absolute atomic E-state index is 12.0. The molecule has 0 radical (unpaired) electrons. The molecule has 0 bridgehead atoms. The number of carboxylic acid groups (broad SMARTS) is 1. The van der Waals surface area contributed by atoms with Crippen LogP contribution in [0.25, 0.3) is 10.9 Å². The Morgan fingerprint density at radius 3 is 2.67 bits per heavy atom. The van der Waals surface area contributed by atoms with Gasteiger partial charge >= 0.3 is 12.1 Å². The molecule has 0 spiro atoms. The van der Waals surface area contributed by atoms with Gasteiger partial charge in [-0.1, -0.05) is 18.2 Å². The number of carboxylic acids is 1. The van der Waals surface area contributed by atoms with Gasteiger partial charge in [0.1, 0.15) is 6.61 Å². The van der Waals surface area contributed by atoms with E-state index in [1.54, 1.807) is 35.0 Å². The van der Waals surface area contributed by atoms with Gasteiger partial charge in [-0.2, -0.15) is 13.2 Å². The Kier molecular flexibility index (Phi) is 4.52.